The van der Waals surface area contributed by atoms with Gasteiger partial charge in [-0.05, 0) is 162 Å². The van der Waals surface area contributed by atoms with Crippen LogP contribution in [0.5, 0.6) is 0 Å². The molecule has 0 aromatic heterocycles. The predicted molar refractivity (Wildman–Crippen MR) is 285 cm³/mol. The van der Waals surface area contributed by atoms with Crippen LogP contribution in [-0.4, -0.2) is 142 Å². The molecule has 3 aliphatic rings. The minimum absolute atomic E-state index is 0.0268. The molecule has 3 rings (SSSR count). The molecular formula is C58H86F24O12. The lowest BCUT2D eigenvalue weighted by molar-refractivity contribution is -0.375. The van der Waals surface area contributed by atoms with Gasteiger partial charge >= 0.3 is 73.3 Å². The molecule has 0 aliphatic heterocycles. The molecule has 558 valence electrons. The van der Waals surface area contributed by atoms with Crippen molar-refractivity contribution < 1.29 is 164 Å². The van der Waals surface area contributed by atoms with Crippen LogP contribution < -0.4 is 0 Å². The highest BCUT2D eigenvalue weighted by atomic mass is 19.4. The summed E-state index contributed by atoms with van der Waals surface area (Å²) in [6.45, 7) is 18.9. The third-order valence-electron chi connectivity index (χ3n) is 18.0. The van der Waals surface area contributed by atoms with Crippen molar-refractivity contribution in [1.82, 2.24) is 0 Å². The Morgan fingerprint density at radius 3 is 1.15 bits per heavy atom. The van der Waals surface area contributed by atoms with Gasteiger partial charge < -0.3 is 39.4 Å². The number of aliphatic hydroxyl groups is 4. The number of fused-ring (bicyclic) bond motifs is 2. The Hall–Kier alpha value is -3.96. The van der Waals surface area contributed by atoms with Crippen LogP contribution in [0, 0.1) is 51.2 Å². The Balaban J connectivity index is 0.00000123. The van der Waals surface area contributed by atoms with E-state index in [2.05, 4.69) is 4.74 Å². The van der Waals surface area contributed by atoms with Gasteiger partial charge in [0.15, 0.2) is 0 Å². The van der Waals surface area contributed by atoms with Gasteiger partial charge in [0, 0.05) is 19.3 Å². The maximum absolute atomic E-state index is 13.2. The van der Waals surface area contributed by atoms with Crippen molar-refractivity contribution in [2.75, 3.05) is 13.2 Å². The second kappa shape index (κ2) is 31.9. The first kappa shape index (κ1) is 90.0. The van der Waals surface area contributed by atoms with E-state index in [-0.39, 0.29) is 24.7 Å². The van der Waals surface area contributed by atoms with E-state index in [0.717, 1.165) is 13.3 Å². The van der Waals surface area contributed by atoms with Crippen LogP contribution in [0.2, 0.25) is 0 Å². The summed E-state index contributed by atoms with van der Waals surface area (Å²) < 4.78 is 325. The van der Waals surface area contributed by atoms with Crippen LogP contribution in [0.25, 0.3) is 0 Å². The van der Waals surface area contributed by atoms with E-state index >= 15 is 0 Å². The molecule has 3 fully saturated rings. The van der Waals surface area contributed by atoms with Crippen molar-refractivity contribution in [1.29, 1.82) is 0 Å². The first-order valence-electron chi connectivity index (χ1n) is 29.7. The summed E-state index contributed by atoms with van der Waals surface area (Å²) in [6, 6.07) is 0. The van der Waals surface area contributed by atoms with Crippen LogP contribution in [0.3, 0.4) is 0 Å². The zero-order valence-corrected chi connectivity index (χ0v) is 53.9. The van der Waals surface area contributed by atoms with Crippen LogP contribution in [0.4, 0.5) is 105 Å². The van der Waals surface area contributed by atoms with E-state index in [4.69, 9.17) is 24.4 Å². The van der Waals surface area contributed by atoms with Crippen molar-refractivity contribution in [2.45, 2.75) is 277 Å². The first-order chi connectivity index (χ1) is 41.5. The van der Waals surface area contributed by atoms with Crippen molar-refractivity contribution >= 4 is 23.9 Å². The average molecular weight is 1430 g/mol. The Labute approximate surface area is 528 Å². The lowest BCUT2D eigenvalue weighted by atomic mass is 9.79. The van der Waals surface area contributed by atoms with Gasteiger partial charge in [0.05, 0.1) is 34.9 Å². The SMILES string of the molecule is CCC(C)(C)C(=O)OC(CC(O)(C(F)(F)F)C(F)(F)F)C1CC2CCC1C2.CCC(C)(C)C(=O)OC1CCCC1CC(O)(C(F)(F)F)C(F)(F)F.CCC(C)(C)C(=O)OCC(C)CC(O)(C(F)(F)F)C(F)(F)F.CCC(C)(C)C(=O)OCCCC(O)(C(F)(F)F)C(F)(F)F. The Bertz CT molecular complexity index is 2350. The Morgan fingerprint density at radius 1 is 0.436 bits per heavy atom. The molecule has 0 radical (unpaired) electrons. The maximum atomic E-state index is 13.2. The number of esters is 4. The van der Waals surface area contributed by atoms with Gasteiger partial charge in [0.25, 0.3) is 22.4 Å². The third kappa shape index (κ3) is 22.8. The van der Waals surface area contributed by atoms with Gasteiger partial charge in [-0.3, -0.25) is 19.2 Å². The topological polar surface area (TPSA) is 186 Å². The van der Waals surface area contributed by atoms with E-state index in [0.29, 0.717) is 51.4 Å². The molecule has 94 heavy (non-hydrogen) atoms. The lowest BCUT2D eigenvalue weighted by Crippen LogP contribution is -2.59. The number of ether oxygens (including phenoxy) is 4. The van der Waals surface area contributed by atoms with Gasteiger partial charge in [-0.25, -0.2) is 0 Å². The summed E-state index contributed by atoms with van der Waals surface area (Å²) in [5.41, 5.74) is -23.0. The van der Waals surface area contributed by atoms with E-state index in [1.54, 1.807) is 55.4 Å². The molecule has 2 bridgehead atoms. The first-order valence-corrected chi connectivity index (χ1v) is 29.7. The van der Waals surface area contributed by atoms with E-state index in [1.807, 2.05) is 0 Å². The molecule has 0 aromatic rings. The smallest absolute Gasteiger partial charge is 0.426 e. The summed E-state index contributed by atoms with van der Waals surface area (Å²) in [6.07, 6.45) is -52.2. The van der Waals surface area contributed by atoms with E-state index in [1.165, 1.54) is 27.7 Å². The second-order valence-corrected chi connectivity index (χ2v) is 26.8. The third-order valence-corrected chi connectivity index (χ3v) is 18.0. The Morgan fingerprint density at radius 2 is 0.798 bits per heavy atom. The molecular weight excluding hydrogens is 1340 g/mol. The van der Waals surface area contributed by atoms with E-state index < -0.39 is 193 Å². The molecule has 3 aliphatic carbocycles. The van der Waals surface area contributed by atoms with Crippen molar-refractivity contribution in [3.63, 3.8) is 0 Å². The quantitative estimate of drug-likeness (QED) is 0.0329. The van der Waals surface area contributed by atoms with Crippen molar-refractivity contribution in [3.8, 4) is 0 Å². The number of hydrogen-bond acceptors (Lipinski definition) is 12. The largest absolute Gasteiger partial charge is 0.465 e. The number of halogens is 24. The summed E-state index contributed by atoms with van der Waals surface area (Å²) >= 11 is 0. The molecule has 36 heteroatoms. The highest BCUT2D eigenvalue weighted by Gasteiger charge is 2.74. The summed E-state index contributed by atoms with van der Waals surface area (Å²) in [7, 11) is 0. The number of alkyl halides is 24. The molecule has 0 saturated heterocycles. The molecule has 0 spiro atoms. The average Bonchev–Trinajstić information content (AvgIpc) is 1.08. The number of hydrogen-bond donors (Lipinski definition) is 4. The summed E-state index contributed by atoms with van der Waals surface area (Å²) in [4.78, 5) is 47.5. The monoisotopic (exact) mass is 1430 g/mol. The fourth-order valence-corrected chi connectivity index (χ4v) is 9.55. The second-order valence-electron chi connectivity index (χ2n) is 26.8. The van der Waals surface area contributed by atoms with Gasteiger partial charge in [-0.2, -0.15) is 105 Å². The summed E-state index contributed by atoms with van der Waals surface area (Å²) in [5.74, 6) is -5.92. The highest BCUT2D eigenvalue weighted by molar-refractivity contribution is 5.77. The maximum Gasteiger partial charge on any atom is 0.426 e. The lowest BCUT2D eigenvalue weighted by Gasteiger charge is -2.39. The normalized spacial score (nSPS) is 20.8. The Kier molecular flexibility index (Phi) is 30.6. The minimum atomic E-state index is -5.92. The fraction of sp³-hybridized carbons (Fsp3) is 0.931. The number of carbonyl (C=O) groups excluding carboxylic acids is 4. The van der Waals surface area contributed by atoms with Crippen LogP contribution in [0.1, 0.15) is 193 Å². The summed E-state index contributed by atoms with van der Waals surface area (Å²) in [5, 5.41) is 36.8. The van der Waals surface area contributed by atoms with Gasteiger partial charge in [-0.1, -0.05) is 41.0 Å². The highest BCUT2D eigenvalue weighted by Crippen LogP contribution is 2.55. The van der Waals surface area contributed by atoms with Gasteiger partial charge in [0.1, 0.15) is 12.2 Å². The molecule has 7 unspecified atom stereocenters. The molecule has 4 N–H and O–H groups in total. The van der Waals surface area contributed by atoms with Crippen LogP contribution in [-0.2, 0) is 38.1 Å². The molecule has 0 amide bonds. The molecule has 0 aromatic carbocycles. The fourth-order valence-electron chi connectivity index (χ4n) is 9.55. The van der Waals surface area contributed by atoms with E-state index in [9.17, 15) is 135 Å². The van der Waals surface area contributed by atoms with Crippen LogP contribution >= 0.6 is 0 Å². The molecule has 12 nitrogen and oxygen atoms in total. The van der Waals surface area contributed by atoms with Gasteiger partial charge in [-0.15, -0.1) is 0 Å². The molecule has 7 atom stereocenters. The molecule has 3 saturated carbocycles. The van der Waals surface area contributed by atoms with Gasteiger partial charge in [0.2, 0.25) is 0 Å². The zero-order valence-electron chi connectivity index (χ0n) is 53.9. The predicted octanol–water partition coefficient (Wildman–Crippen LogP) is 16.8. The number of rotatable bonds is 23. The standard InChI is InChI=1S/C18H26F6O3.C15H22F6O3.C13H20F6O3.C12H18F6O3/c1-4-15(2,3)14(25)27-13(12-8-10-5-6-11(12)7-10)9-16(26,17(19,20)21)18(22,23)24;1-4-12(2,3)11(22)24-10-7-5-6-9(10)8-13(23,14(16,17)18)15(19,20)21;1-5-10(3,4)9(20)22-7-8(2)6-11(21,12(14,15)16)13(17,18)19;1-4-9(2,3)8(19)21-7-5-6-10(20,11(13,14)15)12(16,17)18/h10-13,26H,4-9H2,1-3H3;9-10,23H,4-8H2,1-3H3;8,21H,5-7H2,1-4H3;20H,4-7H2,1-3H3. The zero-order chi connectivity index (χ0) is 74.9. The van der Waals surface area contributed by atoms with Crippen molar-refractivity contribution in [2.24, 2.45) is 51.2 Å². The molecule has 0 heterocycles. The number of carbonyl (C=O) groups is 4. The van der Waals surface area contributed by atoms with Crippen molar-refractivity contribution in [3.05, 3.63) is 0 Å². The minimum Gasteiger partial charge on any atom is -0.465 e. The van der Waals surface area contributed by atoms with Crippen LogP contribution in [0.15, 0.2) is 0 Å².